The van der Waals surface area contributed by atoms with E-state index in [1.807, 2.05) is 48.5 Å². The van der Waals surface area contributed by atoms with Crippen LogP contribution in [0.3, 0.4) is 0 Å². The van der Waals surface area contributed by atoms with Gasteiger partial charge < -0.3 is 0 Å². The van der Waals surface area contributed by atoms with Gasteiger partial charge in [0, 0.05) is 7.05 Å². The van der Waals surface area contributed by atoms with Crippen LogP contribution in [-0.4, -0.2) is 17.0 Å². The van der Waals surface area contributed by atoms with Crippen LogP contribution in [0, 0.1) is 0 Å². The van der Waals surface area contributed by atoms with E-state index in [2.05, 4.69) is 0 Å². The van der Waals surface area contributed by atoms with Crippen LogP contribution < -0.4 is 11.2 Å². The van der Waals surface area contributed by atoms with Crippen molar-refractivity contribution in [2.45, 2.75) is 68.7 Å². The van der Waals surface area contributed by atoms with Gasteiger partial charge in [0.2, 0.25) is 0 Å². The van der Waals surface area contributed by atoms with Crippen LogP contribution >= 0.6 is 0 Å². The van der Waals surface area contributed by atoms with Gasteiger partial charge in [0.1, 0.15) is 0 Å². The Balaban J connectivity index is 0. The summed E-state index contributed by atoms with van der Waals surface area (Å²) < 4.78 is 27.5. The summed E-state index contributed by atoms with van der Waals surface area (Å²) in [4.78, 5) is 25.4. The summed E-state index contributed by atoms with van der Waals surface area (Å²) in [7, 11) is -2.87. The molecule has 2 aromatic rings. The fourth-order valence-electron chi connectivity index (χ4n) is 2.59. The van der Waals surface area contributed by atoms with Gasteiger partial charge >= 0.3 is 5.69 Å². The number of rotatable bonds is 5. The summed E-state index contributed by atoms with van der Waals surface area (Å²) in [6, 6.07) is 5.05. The third kappa shape index (κ3) is 7.19. The third-order valence-corrected chi connectivity index (χ3v) is 5.70. The Morgan fingerprint density at radius 3 is 2.00 bits per heavy atom. The van der Waals surface area contributed by atoms with Gasteiger partial charge in [0.15, 0.2) is 0 Å². The molecule has 0 N–H and O–H groups in total. The molecular weight excluding hydrogens is 424 g/mol. The van der Waals surface area contributed by atoms with Crippen molar-refractivity contribution in [3.63, 3.8) is 0 Å². The first-order valence-corrected chi connectivity index (χ1v) is 12.7. The second kappa shape index (κ2) is 16.0. The molecule has 0 bridgehead atoms. The quantitative estimate of drug-likeness (QED) is 0.543. The number of benzene rings is 1. The van der Waals surface area contributed by atoms with Crippen LogP contribution in [-0.2, 0) is 23.5 Å². The minimum absolute atomic E-state index is 0.137. The zero-order valence-corrected chi connectivity index (χ0v) is 22.1. The predicted octanol–water partition coefficient (Wildman–Crippen LogP) is 5.56. The van der Waals surface area contributed by atoms with Crippen molar-refractivity contribution in [2.24, 2.45) is 7.05 Å². The lowest BCUT2D eigenvalue weighted by Crippen LogP contribution is -2.43. The number of nitrogens with zero attached hydrogens (tertiary/aromatic N) is 2. The molecule has 7 heteroatoms. The third-order valence-electron chi connectivity index (χ3n) is 4.03. The van der Waals surface area contributed by atoms with Crippen LogP contribution in [0.25, 0.3) is 10.9 Å². The molecule has 180 valence electrons. The van der Waals surface area contributed by atoms with Crippen molar-refractivity contribution in [2.75, 3.05) is 0 Å². The maximum absolute atomic E-state index is 13.0. The predicted molar refractivity (Wildman–Crippen MR) is 139 cm³/mol. The highest BCUT2D eigenvalue weighted by molar-refractivity contribution is 7.94. The average molecular weight is 465 g/mol. The van der Waals surface area contributed by atoms with Gasteiger partial charge in [-0.25, -0.2) is 13.2 Å². The van der Waals surface area contributed by atoms with Crippen molar-refractivity contribution in [3.05, 3.63) is 79.9 Å². The Morgan fingerprint density at radius 2 is 1.53 bits per heavy atom. The van der Waals surface area contributed by atoms with Crippen molar-refractivity contribution in [1.82, 2.24) is 8.54 Å². The Morgan fingerprint density at radius 1 is 0.969 bits per heavy atom. The van der Waals surface area contributed by atoms with Gasteiger partial charge in [-0.05, 0) is 50.1 Å². The zero-order chi connectivity index (χ0) is 25.5. The molecule has 0 aliphatic heterocycles. The summed E-state index contributed by atoms with van der Waals surface area (Å²) >= 11 is 0. The monoisotopic (exact) mass is 464 g/mol. The number of aryl methyl sites for hydroxylation is 2. The lowest BCUT2D eigenvalue weighted by atomic mass is 10.1. The number of hydrogen-bond acceptors (Lipinski definition) is 4. The van der Waals surface area contributed by atoms with Crippen LogP contribution in [0.15, 0.2) is 63.1 Å². The Kier molecular flexibility index (Phi) is 15.8. The van der Waals surface area contributed by atoms with Crippen molar-refractivity contribution >= 4 is 20.9 Å². The lowest BCUT2D eigenvalue weighted by Gasteiger charge is -2.12. The molecule has 0 radical (unpaired) electrons. The fraction of sp³-hybridized carbons (Fsp3) is 0.440. The Labute approximate surface area is 193 Å². The first-order valence-electron chi connectivity index (χ1n) is 11.3. The highest BCUT2D eigenvalue weighted by atomic mass is 32.2. The van der Waals surface area contributed by atoms with E-state index in [1.54, 1.807) is 38.1 Å². The van der Waals surface area contributed by atoms with E-state index < -0.39 is 21.3 Å². The largest absolute Gasteiger partial charge is 0.345 e. The molecule has 0 spiro atoms. The van der Waals surface area contributed by atoms with E-state index in [9.17, 15) is 18.0 Å². The Hall–Kier alpha value is -2.67. The number of aromatic nitrogens is 2. The normalized spacial score (nSPS) is 11.4. The molecule has 0 saturated heterocycles. The van der Waals surface area contributed by atoms with Gasteiger partial charge in [0.25, 0.3) is 15.6 Å². The molecular formula is C25H40N2O4S. The summed E-state index contributed by atoms with van der Waals surface area (Å²) in [5.74, 6) is 0. The summed E-state index contributed by atoms with van der Waals surface area (Å²) in [6.07, 6.45) is 8.18. The SMILES string of the molecule is CC.CC.CC.C\C=C/C=C(\C=C/C)S(=O)(=O)n1c(=O)c2ccc(CC)cc2n(C)c1=O. The zero-order valence-electron chi connectivity index (χ0n) is 21.3. The van der Waals surface area contributed by atoms with Crippen molar-refractivity contribution in [1.29, 1.82) is 0 Å². The van der Waals surface area contributed by atoms with Gasteiger partial charge in [0.05, 0.1) is 15.8 Å². The second-order valence-corrected chi connectivity index (χ2v) is 7.50. The van der Waals surface area contributed by atoms with Crippen LogP contribution in [0.1, 0.15) is 67.9 Å². The molecule has 1 aromatic carbocycles. The maximum atomic E-state index is 13.0. The molecule has 0 atom stereocenters. The highest BCUT2D eigenvalue weighted by Gasteiger charge is 2.25. The molecule has 32 heavy (non-hydrogen) atoms. The molecule has 0 saturated carbocycles. The van der Waals surface area contributed by atoms with Crippen molar-refractivity contribution < 1.29 is 8.42 Å². The van der Waals surface area contributed by atoms with E-state index in [0.29, 0.717) is 9.49 Å². The fourth-order valence-corrected chi connectivity index (χ4v) is 4.01. The highest BCUT2D eigenvalue weighted by Crippen LogP contribution is 2.14. The number of hydrogen-bond donors (Lipinski definition) is 0. The first-order chi connectivity index (χ1) is 15.3. The topological polar surface area (TPSA) is 78.1 Å². The van der Waals surface area contributed by atoms with E-state index in [1.165, 1.54) is 35.9 Å². The molecule has 0 unspecified atom stereocenters. The van der Waals surface area contributed by atoms with Crippen LogP contribution in [0.5, 0.6) is 0 Å². The molecule has 6 nitrogen and oxygen atoms in total. The van der Waals surface area contributed by atoms with E-state index in [4.69, 9.17) is 0 Å². The molecule has 1 heterocycles. The smallest absolute Gasteiger partial charge is 0.295 e. The lowest BCUT2D eigenvalue weighted by molar-refractivity contribution is 0.587. The van der Waals surface area contributed by atoms with E-state index >= 15 is 0 Å². The van der Waals surface area contributed by atoms with Crippen LogP contribution in [0.4, 0.5) is 0 Å². The van der Waals surface area contributed by atoms with E-state index in [0.717, 1.165) is 12.0 Å². The molecule has 0 fully saturated rings. The van der Waals surface area contributed by atoms with Crippen LogP contribution in [0.2, 0.25) is 0 Å². The van der Waals surface area contributed by atoms with Gasteiger partial charge in [-0.3, -0.25) is 9.36 Å². The molecule has 2 rings (SSSR count). The molecule has 1 aromatic heterocycles. The Bertz CT molecular complexity index is 1150. The average Bonchev–Trinajstić information content (AvgIpc) is 2.83. The van der Waals surface area contributed by atoms with Crippen molar-refractivity contribution in [3.8, 4) is 0 Å². The van der Waals surface area contributed by atoms with E-state index in [-0.39, 0.29) is 10.3 Å². The number of allylic oxidation sites excluding steroid dienone is 5. The van der Waals surface area contributed by atoms with Gasteiger partial charge in [-0.2, -0.15) is 0 Å². The molecule has 0 aliphatic carbocycles. The molecule has 0 aliphatic rings. The summed E-state index contributed by atoms with van der Waals surface area (Å²) in [6.45, 7) is 17.4. The maximum Gasteiger partial charge on any atom is 0.345 e. The summed E-state index contributed by atoms with van der Waals surface area (Å²) in [5.41, 5.74) is -0.376. The number of fused-ring (bicyclic) bond motifs is 1. The van der Waals surface area contributed by atoms with Gasteiger partial charge in [-0.1, -0.05) is 72.8 Å². The molecule has 0 amide bonds. The minimum Gasteiger partial charge on any atom is -0.295 e. The summed E-state index contributed by atoms with van der Waals surface area (Å²) in [5, 5.41) is 0.179. The minimum atomic E-state index is -4.33. The second-order valence-electron chi connectivity index (χ2n) is 5.72. The standard InChI is InChI=1S/C19H22N2O4S.3C2H6/c1-5-8-10-15(9-6-2)26(24,25)21-18(22)16-12-11-14(7-3)13-17(16)20(4)19(21)23;3*1-2/h5-6,8-13H,7H2,1-4H3;3*1-2H3/b8-5-,9-6-,15-10+;;;. The first kappa shape index (κ1) is 31.5. The van der Waals surface area contributed by atoms with Gasteiger partial charge in [-0.15, -0.1) is 3.97 Å².